The molecule has 2 aromatic rings. The fraction of sp³-hybridized carbons (Fsp3) is 0.440. The molecule has 1 fully saturated rings. The van der Waals surface area contributed by atoms with Gasteiger partial charge in [0.1, 0.15) is 6.04 Å². The number of rotatable bonds is 8. The van der Waals surface area contributed by atoms with Crippen molar-refractivity contribution in [3.63, 3.8) is 0 Å². The molecule has 2 amide bonds. The normalized spacial score (nSPS) is 16.0. The SMILES string of the molecule is CCCCNC(=O)[C@@H]1CCCN1C(=O)c1cccc(NS(=O)(=O)c2cc(C)c(C)cc2C)c1. The zero-order valence-electron chi connectivity index (χ0n) is 19.8. The third kappa shape index (κ3) is 5.74. The Morgan fingerprint density at radius 3 is 2.52 bits per heavy atom. The maximum Gasteiger partial charge on any atom is 0.262 e. The Balaban J connectivity index is 1.78. The van der Waals surface area contributed by atoms with Gasteiger partial charge in [0.2, 0.25) is 5.91 Å². The summed E-state index contributed by atoms with van der Waals surface area (Å²) in [5.41, 5.74) is 3.23. The number of anilines is 1. The fourth-order valence-electron chi connectivity index (χ4n) is 4.10. The Hall–Kier alpha value is -2.87. The van der Waals surface area contributed by atoms with E-state index in [1.807, 2.05) is 19.9 Å². The lowest BCUT2D eigenvalue weighted by Crippen LogP contribution is -2.46. The number of hydrogen-bond acceptors (Lipinski definition) is 4. The summed E-state index contributed by atoms with van der Waals surface area (Å²) in [5.74, 6) is -0.400. The number of sulfonamides is 1. The topological polar surface area (TPSA) is 95.6 Å². The molecule has 0 aliphatic carbocycles. The van der Waals surface area contributed by atoms with Crippen molar-refractivity contribution in [1.82, 2.24) is 10.2 Å². The molecule has 0 bridgehead atoms. The first-order valence-corrected chi connectivity index (χ1v) is 12.9. The van der Waals surface area contributed by atoms with Gasteiger partial charge in [-0.15, -0.1) is 0 Å². The van der Waals surface area contributed by atoms with Crippen LogP contribution in [-0.4, -0.2) is 44.3 Å². The number of carbonyl (C=O) groups is 2. The van der Waals surface area contributed by atoms with Gasteiger partial charge in [0.15, 0.2) is 0 Å². The number of nitrogens with zero attached hydrogens (tertiary/aromatic N) is 1. The fourth-order valence-corrected chi connectivity index (χ4v) is 5.47. The van der Waals surface area contributed by atoms with Crippen LogP contribution < -0.4 is 10.0 Å². The van der Waals surface area contributed by atoms with Gasteiger partial charge in [-0.25, -0.2) is 8.42 Å². The molecule has 1 atom stereocenters. The molecular formula is C25H33N3O4S. The van der Waals surface area contributed by atoms with Crippen LogP contribution in [0.15, 0.2) is 41.3 Å². The van der Waals surface area contributed by atoms with Crippen LogP contribution in [0.3, 0.4) is 0 Å². The van der Waals surface area contributed by atoms with Crippen molar-refractivity contribution in [3.8, 4) is 0 Å². The minimum Gasteiger partial charge on any atom is -0.354 e. The Morgan fingerprint density at radius 1 is 1.06 bits per heavy atom. The highest BCUT2D eigenvalue weighted by molar-refractivity contribution is 7.92. The van der Waals surface area contributed by atoms with Crippen molar-refractivity contribution in [3.05, 3.63) is 58.7 Å². The summed E-state index contributed by atoms with van der Waals surface area (Å²) in [4.78, 5) is 27.5. The molecule has 1 aliphatic rings. The van der Waals surface area contributed by atoms with E-state index in [4.69, 9.17) is 0 Å². The molecule has 8 heteroatoms. The standard InChI is InChI=1S/C25H33N3O4S/c1-5-6-12-26-24(29)22-11-8-13-28(22)25(30)20-9-7-10-21(16-20)27-33(31,32)23-15-18(3)17(2)14-19(23)4/h7,9-10,14-16,22,27H,5-6,8,11-13H2,1-4H3,(H,26,29)/t22-/m0/s1. The molecule has 2 aromatic carbocycles. The molecule has 0 radical (unpaired) electrons. The molecule has 0 saturated carbocycles. The average molecular weight is 472 g/mol. The van der Waals surface area contributed by atoms with Crippen molar-refractivity contribution >= 4 is 27.5 Å². The van der Waals surface area contributed by atoms with E-state index in [9.17, 15) is 18.0 Å². The van der Waals surface area contributed by atoms with Crippen LogP contribution >= 0.6 is 0 Å². The summed E-state index contributed by atoms with van der Waals surface area (Å²) < 4.78 is 28.7. The van der Waals surface area contributed by atoms with Crippen LogP contribution in [-0.2, 0) is 14.8 Å². The van der Waals surface area contributed by atoms with Gasteiger partial charge >= 0.3 is 0 Å². The maximum absolute atomic E-state index is 13.2. The Morgan fingerprint density at radius 2 is 1.79 bits per heavy atom. The monoisotopic (exact) mass is 471 g/mol. The number of amides is 2. The molecule has 0 unspecified atom stereocenters. The molecule has 0 aromatic heterocycles. The minimum atomic E-state index is -3.82. The second kappa shape index (κ2) is 10.4. The molecule has 0 spiro atoms. The van der Waals surface area contributed by atoms with Gasteiger partial charge < -0.3 is 10.2 Å². The number of nitrogens with one attached hydrogen (secondary N) is 2. The van der Waals surface area contributed by atoms with Crippen molar-refractivity contribution in [1.29, 1.82) is 0 Å². The largest absolute Gasteiger partial charge is 0.354 e. The van der Waals surface area contributed by atoms with Gasteiger partial charge in [-0.2, -0.15) is 0 Å². The molecule has 3 rings (SSSR count). The lowest BCUT2D eigenvalue weighted by Gasteiger charge is -2.24. The van der Waals surface area contributed by atoms with Crippen LogP contribution in [0.1, 0.15) is 59.7 Å². The van der Waals surface area contributed by atoms with Crippen molar-refractivity contribution < 1.29 is 18.0 Å². The molecule has 2 N–H and O–H groups in total. The van der Waals surface area contributed by atoms with Gasteiger partial charge in [-0.3, -0.25) is 14.3 Å². The predicted octanol–water partition coefficient (Wildman–Crippen LogP) is 3.93. The number of carbonyl (C=O) groups excluding carboxylic acids is 2. The van der Waals surface area contributed by atoms with Crippen LogP contribution in [0.5, 0.6) is 0 Å². The van der Waals surface area contributed by atoms with Gasteiger partial charge in [0, 0.05) is 24.3 Å². The second-order valence-electron chi connectivity index (χ2n) is 8.69. The summed E-state index contributed by atoms with van der Waals surface area (Å²) in [5, 5.41) is 2.91. The lowest BCUT2D eigenvalue weighted by molar-refractivity contribution is -0.124. The Bertz CT molecular complexity index is 1140. The van der Waals surface area contributed by atoms with Crippen LogP contribution in [0.2, 0.25) is 0 Å². The second-order valence-corrected chi connectivity index (χ2v) is 10.3. The van der Waals surface area contributed by atoms with Gasteiger partial charge in [0.25, 0.3) is 15.9 Å². The molecule has 7 nitrogen and oxygen atoms in total. The number of hydrogen-bond donors (Lipinski definition) is 2. The van der Waals surface area contributed by atoms with E-state index in [2.05, 4.69) is 17.0 Å². The molecule has 33 heavy (non-hydrogen) atoms. The highest BCUT2D eigenvalue weighted by Gasteiger charge is 2.34. The van der Waals surface area contributed by atoms with E-state index in [-0.39, 0.29) is 16.7 Å². The quantitative estimate of drug-likeness (QED) is 0.570. The van der Waals surface area contributed by atoms with E-state index >= 15 is 0 Å². The third-order valence-electron chi connectivity index (χ3n) is 6.09. The summed E-state index contributed by atoms with van der Waals surface area (Å²) >= 11 is 0. The predicted molar refractivity (Wildman–Crippen MR) is 130 cm³/mol. The highest BCUT2D eigenvalue weighted by Crippen LogP contribution is 2.25. The first-order chi connectivity index (χ1) is 15.6. The van der Waals surface area contributed by atoms with Gasteiger partial charge in [-0.1, -0.05) is 25.5 Å². The summed E-state index contributed by atoms with van der Waals surface area (Å²) in [6, 6.07) is 9.45. The van der Waals surface area contributed by atoms with E-state index in [1.165, 1.54) is 6.07 Å². The van der Waals surface area contributed by atoms with Gasteiger partial charge in [0.05, 0.1) is 4.90 Å². The van der Waals surface area contributed by atoms with Crippen molar-refractivity contribution in [2.45, 2.75) is 64.3 Å². The summed E-state index contributed by atoms with van der Waals surface area (Å²) in [6.07, 6.45) is 3.27. The summed E-state index contributed by atoms with van der Waals surface area (Å²) in [7, 11) is -3.82. The first kappa shape index (κ1) is 24.8. The molecule has 1 aliphatic heterocycles. The van der Waals surface area contributed by atoms with Crippen LogP contribution in [0.25, 0.3) is 0 Å². The zero-order chi connectivity index (χ0) is 24.2. The van der Waals surface area contributed by atoms with E-state index in [0.29, 0.717) is 36.3 Å². The van der Waals surface area contributed by atoms with E-state index < -0.39 is 16.1 Å². The number of likely N-dealkylation sites (tertiary alicyclic amines) is 1. The van der Waals surface area contributed by atoms with Gasteiger partial charge in [-0.05, 0) is 81.0 Å². The average Bonchev–Trinajstić information content (AvgIpc) is 3.25. The Labute approximate surface area is 196 Å². The van der Waals surface area contributed by atoms with Crippen LogP contribution in [0.4, 0.5) is 5.69 Å². The smallest absolute Gasteiger partial charge is 0.262 e. The highest BCUT2D eigenvalue weighted by atomic mass is 32.2. The third-order valence-corrected chi connectivity index (χ3v) is 7.61. The van der Waals surface area contributed by atoms with Crippen LogP contribution in [0, 0.1) is 20.8 Å². The number of aryl methyl sites for hydroxylation is 3. The van der Waals surface area contributed by atoms with Crippen molar-refractivity contribution in [2.75, 3.05) is 17.8 Å². The Kier molecular flexibility index (Phi) is 7.79. The zero-order valence-corrected chi connectivity index (χ0v) is 20.6. The molecule has 1 saturated heterocycles. The molecule has 1 heterocycles. The minimum absolute atomic E-state index is 0.128. The van der Waals surface area contributed by atoms with E-state index in [1.54, 1.807) is 36.1 Å². The van der Waals surface area contributed by atoms with Crippen molar-refractivity contribution in [2.24, 2.45) is 0 Å². The lowest BCUT2D eigenvalue weighted by atomic mass is 10.1. The number of unbranched alkanes of at least 4 members (excludes halogenated alkanes) is 1. The molecule has 178 valence electrons. The first-order valence-electron chi connectivity index (χ1n) is 11.4. The summed E-state index contributed by atoms with van der Waals surface area (Å²) in [6.45, 7) is 8.74. The number of benzene rings is 2. The van der Waals surface area contributed by atoms with E-state index in [0.717, 1.165) is 30.4 Å². The maximum atomic E-state index is 13.2. The molecular weight excluding hydrogens is 438 g/mol.